The summed E-state index contributed by atoms with van der Waals surface area (Å²) in [5.74, 6) is -1.14. The number of aliphatic carboxylic acids is 1. The summed E-state index contributed by atoms with van der Waals surface area (Å²) in [6.07, 6.45) is 10.2. The van der Waals surface area contributed by atoms with Gasteiger partial charge in [-0.25, -0.2) is 0 Å². The molecular weight excluding hydrogens is 270 g/mol. The molecule has 0 radical (unpaired) electrons. The van der Waals surface area contributed by atoms with Crippen LogP contribution in [0.25, 0.3) is 0 Å². The first-order valence-electron chi connectivity index (χ1n) is 6.03. The zero-order valence-corrected chi connectivity index (χ0v) is 14.6. The monoisotopic (exact) mass is 292 g/mol. The predicted octanol–water partition coefficient (Wildman–Crippen LogP) is 0.300. The summed E-state index contributed by atoms with van der Waals surface area (Å²) >= 11 is 5.54. The molecule has 2 nitrogen and oxygen atoms in total. The Balaban J connectivity index is -0.000000980. The zero-order valence-electron chi connectivity index (χ0n) is 11.0. The molecule has 0 N–H and O–H groups in total. The maximum Gasteiger partial charge on any atom is 1.00 e. The molecule has 0 aromatic carbocycles. The van der Waals surface area contributed by atoms with Crippen LogP contribution in [0.4, 0.5) is 0 Å². The van der Waals surface area contributed by atoms with E-state index in [0.717, 1.165) is 12.8 Å². The van der Waals surface area contributed by atoms with Crippen molar-refractivity contribution in [2.75, 3.05) is 0 Å². The Kier molecular flexibility index (Phi) is 23.2. The molecule has 5 heteroatoms. The number of hydrogen-bond acceptors (Lipinski definition) is 2. The Bertz CT molecular complexity index is 169. The van der Waals surface area contributed by atoms with Crippen molar-refractivity contribution >= 4 is 30.0 Å². The molecule has 1 unspecified atom stereocenters. The van der Waals surface area contributed by atoms with Gasteiger partial charge in [0, 0.05) is 0 Å². The van der Waals surface area contributed by atoms with E-state index in [1.807, 2.05) is 0 Å². The zero-order chi connectivity index (χ0) is 11.5. The number of alkyl halides is 1. The minimum absolute atomic E-state index is 0. The fraction of sp³-hybridized carbons (Fsp3) is 0.917. The summed E-state index contributed by atoms with van der Waals surface area (Å²) in [6, 6.07) is 0. The van der Waals surface area contributed by atoms with E-state index in [1.54, 1.807) is 0 Å². The van der Waals surface area contributed by atoms with Crippen LogP contribution in [0.5, 0.6) is 0 Å². The number of halogens is 2. The van der Waals surface area contributed by atoms with Gasteiger partial charge in [0.25, 0.3) is 0 Å². The van der Waals surface area contributed by atoms with Gasteiger partial charge in [-0.3, -0.25) is 0 Å². The summed E-state index contributed by atoms with van der Waals surface area (Å²) in [5, 5.41) is 9.49. The van der Waals surface area contributed by atoms with Gasteiger partial charge in [0.2, 0.25) is 0 Å². The smallest absolute Gasteiger partial charge is 0.549 e. The average molecular weight is 293 g/mol. The third-order valence-electron chi connectivity index (χ3n) is 2.57. The SMILES string of the molecule is CCCCCCCCCCC(Cl)C(=O)[O-].Cl.[Na+]. The Morgan fingerprint density at radius 2 is 1.47 bits per heavy atom. The molecule has 0 aliphatic heterocycles. The van der Waals surface area contributed by atoms with E-state index < -0.39 is 11.3 Å². The first-order valence-corrected chi connectivity index (χ1v) is 6.47. The number of carboxylic acids is 1. The van der Waals surface area contributed by atoms with E-state index >= 15 is 0 Å². The van der Waals surface area contributed by atoms with Gasteiger partial charge in [0.1, 0.15) is 0 Å². The molecule has 0 fully saturated rings. The van der Waals surface area contributed by atoms with Crippen LogP contribution in [0.2, 0.25) is 0 Å². The molecule has 0 rings (SSSR count). The summed E-state index contributed by atoms with van der Waals surface area (Å²) < 4.78 is 0. The molecule has 1 atom stereocenters. The maximum absolute atomic E-state index is 10.3. The fourth-order valence-electron chi connectivity index (χ4n) is 1.58. The normalized spacial score (nSPS) is 11.2. The van der Waals surface area contributed by atoms with E-state index in [-0.39, 0.29) is 42.0 Å². The maximum atomic E-state index is 10.3. The third kappa shape index (κ3) is 17.1. The molecule has 0 bridgehead atoms. The summed E-state index contributed by atoms with van der Waals surface area (Å²) in [5.41, 5.74) is 0. The van der Waals surface area contributed by atoms with Gasteiger partial charge in [0.15, 0.2) is 0 Å². The molecule has 0 aromatic rings. The average Bonchev–Trinajstić information content (AvgIpc) is 2.21. The van der Waals surface area contributed by atoms with Gasteiger partial charge < -0.3 is 9.90 Å². The van der Waals surface area contributed by atoms with Crippen molar-refractivity contribution in [2.24, 2.45) is 0 Å². The molecule has 17 heavy (non-hydrogen) atoms. The number of carboxylic acid groups (broad SMARTS) is 1. The fourth-order valence-corrected chi connectivity index (χ4v) is 1.73. The number of hydrogen-bond donors (Lipinski definition) is 0. The topological polar surface area (TPSA) is 40.1 Å². The minimum Gasteiger partial charge on any atom is -0.549 e. The van der Waals surface area contributed by atoms with E-state index in [9.17, 15) is 9.90 Å². The number of carbonyl (C=O) groups is 1. The second-order valence-corrected chi connectivity index (χ2v) is 4.58. The third-order valence-corrected chi connectivity index (χ3v) is 2.96. The van der Waals surface area contributed by atoms with E-state index in [0.29, 0.717) is 6.42 Å². The molecule has 0 aliphatic rings. The molecule has 0 heterocycles. The van der Waals surface area contributed by atoms with Crippen molar-refractivity contribution in [2.45, 2.75) is 70.1 Å². The van der Waals surface area contributed by atoms with Crippen LogP contribution in [-0.2, 0) is 4.79 Å². The summed E-state index contributed by atoms with van der Waals surface area (Å²) in [6.45, 7) is 2.21. The number of unbranched alkanes of at least 4 members (excludes halogenated alkanes) is 7. The van der Waals surface area contributed by atoms with Crippen LogP contribution in [0.3, 0.4) is 0 Å². The van der Waals surface area contributed by atoms with Crippen LogP contribution < -0.4 is 34.7 Å². The van der Waals surface area contributed by atoms with Gasteiger partial charge in [-0.05, 0) is 6.42 Å². The van der Waals surface area contributed by atoms with Crippen molar-refractivity contribution in [1.82, 2.24) is 0 Å². The van der Waals surface area contributed by atoms with E-state index in [1.165, 1.54) is 38.5 Å². The number of rotatable bonds is 10. The molecule has 0 saturated carbocycles. The quantitative estimate of drug-likeness (QED) is 0.330. The Hall–Kier alpha value is 1.05. The molecule has 0 spiro atoms. The Morgan fingerprint density at radius 3 is 1.88 bits per heavy atom. The van der Waals surface area contributed by atoms with Gasteiger partial charge in [-0.1, -0.05) is 58.3 Å². The van der Waals surface area contributed by atoms with Crippen molar-refractivity contribution in [3.8, 4) is 0 Å². The Labute approximate surface area is 139 Å². The van der Waals surface area contributed by atoms with Crippen LogP contribution in [0, 0.1) is 0 Å². The van der Waals surface area contributed by atoms with Crippen molar-refractivity contribution in [3.63, 3.8) is 0 Å². The molecule has 0 aromatic heterocycles. The van der Waals surface area contributed by atoms with Crippen LogP contribution in [-0.4, -0.2) is 11.3 Å². The van der Waals surface area contributed by atoms with Gasteiger partial charge in [0.05, 0.1) is 11.3 Å². The van der Waals surface area contributed by atoms with E-state index in [2.05, 4.69) is 6.92 Å². The van der Waals surface area contributed by atoms with Crippen LogP contribution >= 0.6 is 24.0 Å². The van der Waals surface area contributed by atoms with Gasteiger partial charge in [-0.15, -0.1) is 24.0 Å². The van der Waals surface area contributed by atoms with E-state index in [4.69, 9.17) is 11.6 Å². The molecule has 0 amide bonds. The summed E-state index contributed by atoms with van der Waals surface area (Å²) in [7, 11) is 0. The van der Waals surface area contributed by atoms with Crippen molar-refractivity contribution in [3.05, 3.63) is 0 Å². The van der Waals surface area contributed by atoms with Gasteiger partial charge in [-0.2, -0.15) is 0 Å². The second kappa shape index (κ2) is 17.1. The van der Waals surface area contributed by atoms with Crippen molar-refractivity contribution in [1.29, 1.82) is 0 Å². The molecule has 0 saturated heterocycles. The second-order valence-electron chi connectivity index (χ2n) is 4.05. The van der Waals surface area contributed by atoms with Crippen LogP contribution in [0.15, 0.2) is 0 Å². The minimum atomic E-state index is -1.14. The first-order chi connectivity index (χ1) is 7.18. The largest absolute Gasteiger partial charge is 1.00 e. The molecule has 98 valence electrons. The molecule has 0 aliphatic carbocycles. The number of carbonyl (C=O) groups excluding carboxylic acids is 1. The molecular formula is C12H23Cl2NaO2. The van der Waals surface area contributed by atoms with Gasteiger partial charge >= 0.3 is 29.6 Å². The summed E-state index contributed by atoms with van der Waals surface area (Å²) in [4.78, 5) is 10.3. The predicted molar refractivity (Wildman–Crippen MR) is 69.1 cm³/mol. The van der Waals surface area contributed by atoms with Crippen LogP contribution in [0.1, 0.15) is 64.7 Å². The first kappa shape index (κ1) is 23.2. The Morgan fingerprint density at radius 1 is 1.06 bits per heavy atom. The standard InChI is InChI=1S/C12H23ClO2.ClH.Na/c1-2-3-4-5-6-7-8-9-10-11(13)12(14)15;;/h11H,2-10H2,1H3,(H,14,15);1H;/q;;+1/p-1. The van der Waals surface area contributed by atoms with Crippen molar-refractivity contribution < 1.29 is 39.5 Å².